The van der Waals surface area contributed by atoms with E-state index in [-0.39, 0.29) is 0 Å². The molecule has 26 heavy (non-hydrogen) atoms. The first kappa shape index (κ1) is 16.5. The maximum Gasteiger partial charge on any atom is 0.345 e. The molecule has 128 valence electrons. The summed E-state index contributed by atoms with van der Waals surface area (Å²) in [7, 11) is 0. The monoisotopic (exact) mass is 407 g/mol. The van der Waals surface area contributed by atoms with Gasteiger partial charge in [0.15, 0.2) is 0 Å². The van der Waals surface area contributed by atoms with Crippen molar-refractivity contribution in [2.45, 2.75) is 6.61 Å². The van der Waals surface area contributed by atoms with Crippen molar-refractivity contribution in [2.75, 3.05) is 0 Å². The molecule has 4 rings (SSSR count). The molecule has 0 atom stereocenters. The number of rotatable bonds is 4. The molecule has 0 bridgehead atoms. The van der Waals surface area contributed by atoms with Gasteiger partial charge in [-0.2, -0.15) is 0 Å². The second kappa shape index (κ2) is 7.14. The standard InChI is InChI=1S/C21H14BrNO3/c22-16-7-4-14(5-8-16)13-25-17-9-6-15-11-18(19-3-1-2-10-23-19)21(24)26-20(15)12-17/h1-12H,13H2. The minimum atomic E-state index is -0.416. The van der Waals surface area contributed by atoms with Crippen LogP contribution in [0.5, 0.6) is 5.75 Å². The van der Waals surface area contributed by atoms with Gasteiger partial charge in [0.1, 0.15) is 17.9 Å². The lowest BCUT2D eigenvalue weighted by Gasteiger charge is -2.08. The molecule has 2 aromatic heterocycles. The van der Waals surface area contributed by atoms with E-state index in [1.165, 1.54) is 0 Å². The SMILES string of the molecule is O=c1oc2cc(OCc3ccc(Br)cc3)ccc2cc1-c1ccccn1. The highest BCUT2D eigenvalue weighted by Crippen LogP contribution is 2.24. The van der Waals surface area contributed by atoms with Gasteiger partial charge in [-0.05, 0) is 48.0 Å². The third kappa shape index (κ3) is 3.53. The van der Waals surface area contributed by atoms with Crippen LogP contribution in [0.1, 0.15) is 5.56 Å². The molecule has 0 unspecified atom stereocenters. The smallest absolute Gasteiger partial charge is 0.345 e. The fourth-order valence-electron chi connectivity index (χ4n) is 2.63. The lowest BCUT2D eigenvalue weighted by molar-refractivity contribution is 0.306. The lowest BCUT2D eigenvalue weighted by atomic mass is 10.1. The van der Waals surface area contributed by atoms with Gasteiger partial charge >= 0.3 is 5.63 Å². The van der Waals surface area contributed by atoms with Crippen LogP contribution in [0.4, 0.5) is 0 Å². The molecule has 2 heterocycles. The summed E-state index contributed by atoms with van der Waals surface area (Å²) in [5.74, 6) is 0.647. The van der Waals surface area contributed by atoms with Gasteiger partial charge in [0, 0.05) is 22.1 Å². The minimum absolute atomic E-state index is 0.416. The van der Waals surface area contributed by atoms with Crippen molar-refractivity contribution in [1.29, 1.82) is 0 Å². The maximum absolute atomic E-state index is 12.3. The van der Waals surface area contributed by atoms with E-state index in [4.69, 9.17) is 9.15 Å². The summed E-state index contributed by atoms with van der Waals surface area (Å²) >= 11 is 3.41. The molecular weight excluding hydrogens is 394 g/mol. The van der Waals surface area contributed by atoms with Gasteiger partial charge in [-0.3, -0.25) is 4.98 Å². The number of fused-ring (bicyclic) bond motifs is 1. The lowest BCUT2D eigenvalue weighted by Crippen LogP contribution is -2.03. The first-order valence-corrected chi connectivity index (χ1v) is 8.85. The Morgan fingerprint density at radius 1 is 1.00 bits per heavy atom. The van der Waals surface area contributed by atoms with E-state index in [0.29, 0.717) is 29.2 Å². The Morgan fingerprint density at radius 2 is 1.85 bits per heavy atom. The van der Waals surface area contributed by atoms with Crippen LogP contribution in [0.15, 0.2) is 86.6 Å². The van der Waals surface area contributed by atoms with Crippen molar-refractivity contribution in [1.82, 2.24) is 4.98 Å². The molecule has 0 spiro atoms. The number of aromatic nitrogens is 1. The summed E-state index contributed by atoms with van der Waals surface area (Å²) in [6.45, 7) is 0.440. The van der Waals surface area contributed by atoms with Crippen molar-refractivity contribution in [3.8, 4) is 17.0 Å². The molecule has 4 aromatic rings. The Morgan fingerprint density at radius 3 is 2.62 bits per heavy atom. The zero-order valence-corrected chi connectivity index (χ0v) is 15.3. The van der Waals surface area contributed by atoms with Crippen LogP contribution in [-0.2, 0) is 6.61 Å². The molecule has 0 saturated carbocycles. The van der Waals surface area contributed by atoms with E-state index < -0.39 is 5.63 Å². The Kier molecular flexibility index (Phi) is 4.54. The molecule has 0 fully saturated rings. The number of nitrogens with zero attached hydrogens (tertiary/aromatic N) is 1. The van der Waals surface area contributed by atoms with Crippen LogP contribution >= 0.6 is 15.9 Å². The molecule has 0 saturated heterocycles. The zero-order chi connectivity index (χ0) is 17.9. The van der Waals surface area contributed by atoms with Crippen molar-refractivity contribution in [3.63, 3.8) is 0 Å². The molecule has 2 aromatic carbocycles. The molecule has 0 aliphatic rings. The predicted molar refractivity (Wildman–Crippen MR) is 104 cm³/mol. The second-order valence-corrected chi connectivity index (χ2v) is 6.69. The normalized spacial score (nSPS) is 10.8. The van der Waals surface area contributed by atoms with E-state index in [0.717, 1.165) is 15.4 Å². The number of hydrogen-bond acceptors (Lipinski definition) is 4. The predicted octanol–water partition coefficient (Wildman–Crippen LogP) is 5.20. The third-order valence-corrected chi connectivity index (χ3v) is 4.50. The topological polar surface area (TPSA) is 52.3 Å². The van der Waals surface area contributed by atoms with Gasteiger partial charge in [0.2, 0.25) is 0 Å². The summed E-state index contributed by atoms with van der Waals surface area (Å²) in [6.07, 6.45) is 1.65. The minimum Gasteiger partial charge on any atom is -0.489 e. The highest BCUT2D eigenvalue weighted by Gasteiger charge is 2.09. The summed E-state index contributed by atoms with van der Waals surface area (Å²) < 4.78 is 12.3. The third-order valence-electron chi connectivity index (χ3n) is 3.97. The second-order valence-electron chi connectivity index (χ2n) is 5.78. The summed E-state index contributed by atoms with van der Waals surface area (Å²) in [5.41, 5.74) is 2.17. The van der Waals surface area contributed by atoms with Gasteiger partial charge in [-0.15, -0.1) is 0 Å². The number of halogens is 1. The van der Waals surface area contributed by atoms with Crippen LogP contribution in [0, 0.1) is 0 Å². The van der Waals surface area contributed by atoms with Crippen molar-refractivity contribution < 1.29 is 9.15 Å². The number of ether oxygens (including phenoxy) is 1. The van der Waals surface area contributed by atoms with E-state index in [9.17, 15) is 4.79 Å². The van der Waals surface area contributed by atoms with Gasteiger partial charge < -0.3 is 9.15 Å². The summed E-state index contributed by atoms with van der Waals surface area (Å²) in [6, 6.07) is 20.6. The number of hydrogen-bond donors (Lipinski definition) is 0. The fraction of sp³-hybridized carbons (Fsp3) is 0.0476. The maximum atomic E-state index is 12.3. The van der Waals surface area contributed by atoms with Crippen LogP contribution in [0.3, 0.4) is 0 Å². The molecule has 0 N–H and O–H groups in total. The Balaban J connectivity index is 1.61. The van der Waals surface area contributed by atoms with Crippen molar-refractivity contribution in [2.24, 2.45) is 0 Å². The average Bonchev–Trinajstić information content (AvgIpc) is 2.67. The van der Waals surface area contributed by atoms with Crippen molar-refractivity contribution in [3.05, 3.63) is 93.4 Å². The Hall–Kier alpha value is -2.92. The van der Waals surface area contributed by atoms with Crippen LogP contribution in [-0.4, -0.2) is 4.98 Å². The molecule has 5 heteroatoms. The highest BCUT2D eigenvalue weighted by atomic mass is 79.9. The average molecular weight is 408 g/mol. The number of benzene rings is 2. The van der Waals surface area contributed by atoms with Crippen LogP contribution in [0.2, 0.25) is 0 Å². The molecule has 0 amide bonds. The first-order valence-electron chi connectivity index (χ1n) is 8.05. The van der Waals surface area contributed by atoms with E-state index in [2.05, 4.69) is 20.9 Å². The Bertz CT molecular complexity index is 1110. The van der Waals surface area contributed by atoms with E-state index >= 15 is 0 Å². The number of pyridine rings is 1. The molecule has 4 nitrogen and oxygen atoms in total. The van der Waals surface area contributed by atoms with Crippen LogP contribution in [0.25, 0.3) is 22.2 Å². The largest absolute Gasteiger partial charge is 0.489 e. The van der Waals surface area contributed by atoms with Gasteiger partial charge in [-0.1, -0.05) is 34.1 Å². The molecule has 0 aliphatic carbocycles. The van der Waals surface area contributed by atoms with Crippen LogP contribution < -0.4 is 10.4 Å². The molecule has 0 radical (unpaired) electrons. The zero-order valence-electron chi connectivity index (χ0n) is 13.7. The van der Waals surface area contributed by atoms with Gasteiger partial charge in [0.25, 0.3) is 0 Å². The van der Waals surface area contributed by atoms with Gasteiger partial charge in [-0.25, -0.2) is 4.79 Å². The van der Waals surface area contributed by atoms with E-state index in [1.807, 2.05) is 42.5 Å². The molecule has 0 aliphatic heterocycles. The highest BCUT2D eigenvalue weighted by molar-refractivity contribution is 9.10. The van der Waals surface area contributed by atoms with Crippen molar-refractivity contribution >= 4 is 26.9 Å². The van der Waals surface area contributed by atoms with E-state index in [1.54, 1.807) is 30.5 Å². The fourth-order valence-corrected chi connectivity index (χ4v) is 2.89. The quantitative estimate of drug-likeness (QED) is 0.436. The summed E-state index contributed by atoms with van der Waals surface area (Å²) in [4.78, 5) is 16.5. The summed E-state index contributed by atoms with van der Waals surface area (Å²) in [5, 5.41) is 0.821. The van der Waals surface area contributed by atoms with Gasteiger partial charge in [0.05, 0.1) is 11.3 Å². The first-order chi connectivity index (χ1) is 12.7. The Labute approximate surface area is 158 Å². The molecular formula is C21H14BrNO3.